The van der Waals surface area contributed by atoms with E-state index in [0.29, 0.717) is 22.2 Å². The topological polar surface area (TPSA) is 77.1 Å². The quantitative estimate of drug-likeness (QED) is 0.728. The maximum absolute atomic E-state index is 12.9. The fourth-order valence-corrected chi connectivity index (χ4v) is 3.27. The minimum atomic E-state index is -0.603. The highest BCUT2D eigenvalue weighted by Crippen LogP contribution is 2.36. The number of halogens is 1. The number of hydrogen-bond acceptors (Lipinski definition) is 6. The Balaban J connectivity index is 2.22. The smallest absolute Gasteiger partial charge is 0.307 e. The molecule has 0 radical (unpaired) electrons. The standard InChI is InChI=1S/C18H25ClN2O5/c1-24-15-11-16(25-2)13(9-12(15)19)20-18(23)14(10-17(22)26-3)21-7-5-4-6-8-21/h9,11,14H,4-8,10H2,1-3H3,(H,20,23). The third-order valence-corrected chi connectivity index (χ3v) is 4.75. The minimum Gasteiger partial charge on any atom is -0.495 e. The van der Waals surface area contributed by atoms with Gasteiger partial charge in [0.1, 0.15) is 17.5 Å². The third kappa shape index (κ3) is 5.02. The highest BCUT2D eigenvalue weighted by Gasteiger charge is 2.30. The Hall–Kier alpha value is -1.99. The molecule has 1 aromatic carbocycles. The van der Waals surface area contributed by atoms with E-state index in [1.807, 2.05) is 4.90 Å². The molecule has 0 aromatic heterocycles. The zero-order valence-corrected chi connectivity index (χ0v) is 16.1. The summed E-state index contributed by atoms with van der Waals surface area (Å²) in [4.78, 5) is 26.7. The third-order valence-electron chi connectivity index (χ3n) is 4.45. The molecule has 1 fully saturated rings. The van der Waals surface area contributed by atoms with Gasteiger partial charge in [-0.25, -0.2) is 0 Å². The lowest BCUT2D eigenvalue weighted by atomic mass is 10.1. The molecule has 0 saturated carbocycles. The molecule has 1 aromatic rings. The number of ether oxygens (including phenoxy) is 3. The lowest BCUT2D eigenvalue weighted by Crippen LogP contribution is -2.47. The molecule has 0 aliphatic carbocycles. The number of esters is 1. The highest BCUT2D eigenvalue weighted by atomic mass is 35.5. The number of carbonyl (C=O) groups excluding carboxylic acids is 2. The number of amides is 1. The summed E-state index contributed by atoms with van der Waals surface area (Å²) in [5, 5.41) is 3.18. The number of carbonyl (C=O) groups is 2. The number of nitrogens with zero attached hydrogens (tertiary/aromatic N) is 1. The Labute approximate surface area is 158 Å². The summed E-state index contributed by atoms with van der Waals surface area (Å²) < 4.78 is 15.2. The second-order valence-electron chi connectivity index (χ2n) is 6.07. The van der Waals surface area contributed by atoms with E-state index < -0.39 is 12.0 Å². The first-order valence-corrected chi connectivity index (χ1v) is 8.91. The van der Waals surface area contributed by atoms with Crippen LogP contribution in [0, 0.1) is 0 Å². The summed E-state index contributed by atoms with van der Waals surface area (Å²) in [6.07, 6.45) is 3.13. The van der Waals surface area contributed by atoms with Crippen molar-refractivity contribution < 1.29 is 23.8 Å². The predicted molar refractivity (Wildman–Crippen MR) is 99.0 cm³/mol. The van der Waals surface area contributed by atoms with Crippen molar-refractivity contribution in [2.75, 3.05) is 39.7 Å². The molecule has 1 aliphatic heterocycles. The second-order valence-corrected chi connectivity index (χ2v) is 6.48. The molecular weight excluding hydrogens is 360 g/mol. The van der Waals surface area contributed by atoms with Crippen molar-refractivity contribution in [2.24, 2.45) is 0 Å². The molecule has 1 atom stereocenters. The van der Waals surface area contributed by atoms with Gasteiger partial charge in [-0.15, -0.1) is 0 Å². The fourth-order valence-electron chi connectivity index (χ4n) is 3.03. The lowest BCUT2D eigenvalue weighted by molar-refractivity contribution is -0.144. The molecule has 2 rings (SSSR count). The van der Waals surface area contributed by atoms with Crippen LogP contribution in [0.4, 0.5) is 5.69 Å². The van der Waals surface area contributed by atoms with E-state index in [1.54, 1.807) is 12.1 Å². The molecule has 0 bridgehead atoms. The van der Waals surface area contributed by atoms with Crippen LogP contribution in [0.1, 0.15) is 25.7 Å². The molecule has 7 nitrogen and oxygen atoms in total. The zero-order valence-electron chi connectivity index (χ0n) is 15.3. The molecule has 1 saturated heterocycles. The molecule has 1 unspecified atom stereocenters. The predicted octanol–water partition coefficient (Wildman–Crippen LogP) is 2.71. The largest absolute Gasteiger partial charge is 0.495 e. The van der Waals surface area contributed by atoms with Crippen LogP contribution in [0.25, 0.3) is 0 Å². The van der Waals surface area contributed by atoms with Crippen molar-refractivity contribution in [2.45, 2.75) is 31.7 Å². The Morgan fingerprint density at radius 3 is 2.35 bits per heavy atom. The van der Waals surface area contributed by atoms with Crippen LogP contribution in [-0.4, -0.2) is 57.2 Å². The van der Waals surface area contributed by atoms with Gasteiger partial charge in [0.25, 0.3) is 0 Å². The normalized spacial score (nSPS) is 15.8. The van der Waals surface area contributed by atoms with Gasteiger partial charge in [0.2, 0.25) is 5.91 Å². The van der Waals surface area contributed by atoms with Crippen molar-refractivity contribution in [3.05, 3.63) is 17.2 Å². The van der Waals surface area contributed by atoms with E-state index >= 15 is 0 Å². The van der Waals surface area contributed by atoms with Gasteiger partial charge in [0, 0.05) is 6.07 Å². The molecule has 1 heterocycles. The minimum absolute atomic E-state index is 0.00542. The van der Waals surface area contributed by atoms with Crippen molar-refractivity contribution >= 4 is 29.2 Å². The second kappa shape index (κ2) is 9.64. The van der Waals surface area contributed by atoms with E-state index in [1.165, 1.54) is 21.3 Å². The van der Waals surface area contributed by atoms with E-state index in [-0.39, 0.29) is 12.3 Å². The van der Waals surface area contributed by atoms with Crippen molar-refractivity contribution in [3.8, 4) is 11.5 Å². The van der Waals surface area contributed by atoms with E-state index in [2.05, 4.69) is 5.32 Å². The fraction of sp³-hybridized carbons (Fsp3) is 0.556. The van der Waals surface area contributed by atoms with Crippen molar-refractivity contribution in [1.29, 1.82) is 0 Å². The van der Waals surface area contributed by atoms with Crippen molar-refractivity contribution in [3.63, 3.8) is 0 Å². The Bertz CT molecular complexity index is 647. The molecule has 1 N–H and O–H groups in total. The maximum atomic E-state index is 12.9. The number of nitrogens with one attached hydrogen (secondary N) is 1. The lowest BCUT2D eigenvalue weighted by Gasteiger charge is -2.33. The van der Waals surface area contributed by atoms with Gasteiger partial charge in [-0.2, -0.15) is 0 Å². The van der Waals surface area contributed by atoms with Gasteiger partial charge in [-0.05, 0) is 32.0 Å². The maximum Gasteiger partial charge on any atom is 0.307 e. The van der Waals surface area contributed by atoms with E-state index in [0.717, 1.165) is 32.4 Å². The Kier molecular flexibility index (Phi) is 7.53. The number of anilines is 1. The molecule has 26 heavy (non-hydrogen) atoms. The number of benzene rings is 1. The molecular formula is C18H25ClN2O5. The van der Waals surface area contributed by atoms with E-state index in [9.17, 15) is 9.59 Å². The molecule has 8 heteroatoms. The van der Waals surface area contributed by atoms with Gasteiger partial charge < -0.3 is 19.5 Å². The Morgan fingerprint density at radius 1 is 1.12 bits per heavy atom. The molecule has 0 spiro atoms. The van der Waals surface area contributed by atoms with Gasteiger partial charge in [0.15, 0.2) is 0 Å². The van der Waals surface area contributed by atoms with Crippen molar-refractivity contribution in [1.82, 2.24) is 4.90 Å². The summed E-state index contributed by atoms with van der Waals surface area (Å²) in [7, 11) is 4.32. The van der Waals surface area contributed by atoms with Crippen LogP contribution in [0.2, 0.25) is 5.02 Å². The van der Waals surface area contributed by atoms with Gasteiger partial charge in [-0.1, -0.05) is 18.0 Å². The summed E-state index contributed by atoms with van der Waals surface area (Å²) >= 11 is 6.16. The number of piperidine rings is 1. The van der Waals surface area contributed by atoms with E-state index in [4.69, 9.17) is 25.8 Å². The van der Waals surface area contributed by atoms with Crippen LogP contribution in [0.3, 0.4) is 0 Å². The summed E-state index contributed by atoms with van der Waals surface area (Å²) in [5.74, 6) is 0.158. The first-order chi connectivity index (χ1) is 12.5. The number of likely N-dealkylation sites (tertiary alicyclic amines) is 1. The molecule has 144 valence electrons. The summed E-state index contributed by atoms with van der Waals surface area (Å²) in [6.45, 7) is 1.55. The Morgan fingerprint density at radius 2 is 1.77 bits per heavy atom. The average Bonchev–Trinajstić information content (AvgIpc) is 2.66. The number of methoxy groups -OCH3 is 3. The zero-order chi connectivity index (χ0) is 19.1. The molecule has 1 amide bonds. The summed E-state index contributed by atoms with van der Waals surface area (Å²) in [6, 6.07) is 2.57. The van der Waals surface area contributed by atoms with Crippen LogP contribution in [-0.2, 0) is 14.3 Å². The monoisotopic (exact) mass is 384 g/mol. The van der Waals surface area contributed by atoms with Gasteiger partial charge in [0.05, 0.1) is 38.5 Å². The number of rotatable bonds is 7. The molecule has 1 aliphatic rings. The van der Waals surface area contributed by atoms with Gasteiger partial charge in [-0.3, -0.25) is 14.5 Å². The highest BCUT2D eigenvalue weighted by molar-refractivity contribution is 6.32. The SMILES string of the molecule is COC(=O)CC(C(=O)Nc1cc(Cl)c(OC)cc1OC)N1CCCCC1. The van der Waals surface area contributed by atoms with Gasteiger partial charge >= 0.3 is 5.97 Å². The van der Waals surface area contributed by atoms with Crippen LogP contribution in [0.5, 0.6) is 11.5 Å². The first-order valence-electron chi connectivity index (χ1n) is 8.53. The first kappa shape index (κ1) is 20.3. The van der Waals surface area contributed by atoms with Crippen LogP contribution < -0.4 is 14.8 Å². The van der Waals surface area contributed by atoms with Crippen LogP contribution >= 0.6 is 11.6 Å². The van der Waals surface area contributed by atoms with Crippen LogP contribution in [0.15, 0.2) is 12.1 Å². The number of hydrogen-bond donors (Lipinski definition) is 1. The average molecular weight is 385 g/mol. The summed E-state index contributed by atoms with van der Waals surface area (Å²) in [5.41, 5.74) is 0.426.